The molecule has 0 heterocycles. The molecule has 0 bridgehead atoms. The highest BCUT2D eigenvalue weighted by Crippen LogP contribution is 2.33. The summed E-state index contributed by atoms with van der Waals surface area (Å²) >= 11 is 2.79. The summed E-state index contributed by atoms with van der Waals surface area (Å²) in [6, 6.07) is 1.93. The van der Waals surface area contributed by atoms with E-state index < -0.39 is 23.5 Å². The fourth-order valence-electron chi connectivity index (χ4n) is 0.932. The summed E-state index contributed by atoms with van der Waals surface area (Å²) in [6.45, 7) is 0. The summed E-state index contributed by atoms with van der Waals surface area (Å²) in [5, 5.41) is 26.7. The number of carbonyl (C=O) groups is 1. The maximum atomic E-state index is 13.1. The third-order valence-corrected chi connectivity index (χ3v) is 2.45. The van der Waals surface area contributed by atoms with E-state index in [1.165, 1.54) is 0 Å². The minimum atomic E-state index is -2.00. The molecule has 14 heavy (non-hydrogen) atoms. The Morgan fingerprint density at radius 1 is 1.50 bits per heavy atom. The van der Waals surface area contributed by atoms with Crippen molar-refractivity contribution in [1.82, 2.24) is 0 Å². The molecule has 0 aliphatic rings. The van der Waals surface area contributed by atoms with Gasteiger partial charge in [-0.05, 0) is 28.1 Å². The summed E-state index contributed by atoms with van der Waals surface area (Å²) in [4.78, 5) is 10.4. The molecule has 0 saturated carbocycles. The SMILES string of the molecule is O=C(O)C(O)c1c(F)ccc(O)c1Br. The van der Waals surface area contributed by atoms with Crippen molar-refractivity contribution in [2.45, 2.75) is 6.10 Å². The number of carboxylic acid groups (broad SMARTS) is 1. The average molecular weight is 265 g/mol. The van der Waals surface area contributed by atoms with E-state index >= 15 is 0 Å². The fourth-order valence-corrected chi connectivity index (χ4v) is 1.47. The highest BCUT2D eigenvalue weighted by molar-refractivity contribution is 9.10. The maximum absolute atomic E-state index is 13.1. The zero-order valence-corrected chi connectivity index (χ0v) is 8.32. The Hall–Kier alpha value is -1.14. The summed E-state index contributed by atoms with van der Waals surface area (Å²) in [6.07, 6.45) is -2.00. The first kappa shape index (κ1) is 10.9. The molecule has 6 heteroatoms. The first-order valence-electron chi connectivity index (χ1n) is 3.53. The molecule has 1 unspecified atom stereocenters. The molecular formula is C8H6BrFO4. The number of benzene rings is 1. The Morgan fingerprint density at radius 3 is 2.57 bits per heavy atom. The monoisotopic (exact) mass is 264 g/mol. The van der Waals surface area contributed by atoms with Gasteiger partial charge in [0, 0.05) is 5.56 Å². The Bertz CT molecular complexity index is 380. The lowest BCUT2D eigenvalue weighted by Crippen LogP contribution is -2.12. The first-order chi connectivity index (χ1) is 6.45. The lowest BCUT2D eigenvalue weighted by atomic mass is 10.1. The van der Waals surface area contributed by atoms with Gasteiger partial charge in [-0.2, -0.15) is 0 Å². The Kier molecular flexibility index (Phi) is 3.07. The number of rotatable bonds is 2. The first-order valence-corrected chi connectivity index (χ1v) is 4.32. The van der Waals surface area contributed by atoms with E-state index in [4.69, 9.17) is 15.3 Å². The van der Waals surface area contributed by atoms with Crippen molar-refractivity contribution in [1.29, 1.82) is 0 Å². The van der Waals surface area contributed by atoms with Gasteiger partial charge >= 0.3 is 5.97 Å². The highest BCUT2D eigenvalue weighted by atomic mass is 79.9. The third kappa shape index (κ3) is 1.85. The summed E-state index contributed by atoms with van der Waals surface area (Å²) in [7, 11) is 0. The molecule has 0 aliphatic heterocycles. The molecule has 0 fully saturated rings. The third-order valence-electron chi connectivity index (χ3n) is 1.61. The van der Waals surface area contributed by atoms with Crippen molar-refractivity contribution >= 4 is 21.9 Å². The van der Waals surface area contributed by atoms with E-state index in [9.17, 15) is 9.18 Å². The molecule has 0 aliphatic carbocycles. The van der Waals surface area contributed by atoms with Crippen molar-refractivity contribution in [3.8, 4) is 5.75 Å². The van der Waals surface area contributed by atoms with Crippen molar-refractivity contribution in [3.63, 3.8) is 0 Å². The van der Waals surface area contributed by atoms with E-state index in [-0.39, 0.29) is 10.2 Å². The van der Waals surface area contributed by atoms with Gasteiger partial charge in [-0.1, -0.05) is 0 Å². The number of carboxylic acids is 1. The zero-order valence-electron chi connectivity index (χ0n) is 6.74. The van der Waals surface area contributed by atoms with Gasteiger partial charge in [-0.3, -0.25) is 0 Å². The quantitative estimate of drug-likeness (QED) is 0.755. The van der Waals surface area contributed by atoms with E-state index in [0.29, 0.717) is 0 Å². The summed E-state index contributed by atoms with van der Waals surface area (Å²) < 4.78 is 12.9. The topological polar surface area (TPSA) is 77.8 Å². The molecule has 1 rings (SSSR count). The molecule has 3 N–H and O–H groups in total. The van der Waals surface area contributed by atoms with Gasteiger partial charge in [-0.15, -0.1) is 0 Å². The van der Waals surface area contributed by atoms with Crippen LogP contribution in [-0.2, 0) is 4.79 Å². The van der Waals surface area contributed by atoms with Gasteiger partial charge in [0.15, 0.2) is 6.10 Å². The van der Waals surface area contributed by atoms with Gasteiger partial charge in [0.25, 0.3) is 0 Å². The van der Waals surface area contributed by atoms with Crippen molar-refractivity contribution < 1.29 is 24.5 Å². The van der Waals surface area contributed by atoms with Crippen LogP contribution in [0.25, 0.3) is 0 Å². The van der Waals surface area contributed by atoms with Gasteiger partial charge < -0.3 is 15.3 Å². The molecule has 0 aromatic heterocycles. The van der Waals surface area contributed by atoms with Crippen LogP contribution in [0.15, 0.2) is 16.6 Å². The van der Waals surface area contributed by atoms with Gasteiger partial charge in [-0.25, -0.2) is 9.18 Å². The molecule has 0 spiro atoms. The van der Waals surface area contributed by atoms with E-state index in [2.05, 4.69) is 15.9 Å². The minimum Gasteiger partial charge on any atom is -0.507 e. The van der Waals surface area contributed by atoms with Crippen LogP contribution in [0.5, 0.6) is 5.75 Å². The number of aliphatic carboxylic acids is 1. The maximum Gasteiger partial charge on any atom is 0.337 e. The zero-order chi connectivity index (χ0) is 10.9. The van der Waals surface area contributed by atoms with Crippen LogP contribution in [0.3, 0.4) is 0 Å². The predicted octanol–water partition coefficient (Wildman–Crippen LogP) is 1.41. The highest BCUT2D eigenvalue weighted by Gasteiger charge is 2.24. The second kappa shape index (κ2) is 3.93. The number of halogens is 2. The van der Waals surface area contributed by atoms with Crippen molar-refractivity contribution in [2.75, 3.05) is 0 Å². The Balaban J connectivity index is 3.32. The van der Waals surface area contributed by atoms with Crippen LogP contribution < -0.4 is 0 Å². The smallest absolute Gasteiger partial charge is 0.337 e. The predicted molar refractivity (Wildman–Crippen MR) is 48.4 cm³/mol. The second-order valence-electron chi connectivity index (χ2n) is 2.53. The normalized spacial score (nSPS) is 12.5. The second-order valence-corrected chi connectivity index (χ2v) is 3.33. The van der Waals surface area contributed by atoms with Crippen LogP contribution in [-0.4, -0.2) is 21.3 Å². The van der Waals surface area contributed by atoms with Gasteiger partial charge in [0.05, 0.1) is 4.47 Å². The van der Waals surface area contributed by atoms with Crippen LogP contribution in [0.4, 0.5) is 4.39 Å². The van der Waals surface area contributed by atoms with E-state index in [0.717, 1.165) is 12.1 Å². The molecule has 76 valence electrons. The molecular weight excluding hydrogens is 259 g/mol. The van der Waals surface area contributed by atoms with Gasteiger partial charge in [0.1, 0.15) is 11.6 Å². The van der Waals surface area contributed by atoms with Gasteiger partial charge in [0.2, 0.25) is 0 Å². The van der Waals surface area contributed by atoms with E-state index in [1.54, 1.807) is 0 Å². The molecule has 0 radical (unpaired) electrons. The Morgan fingerprint density at radius 2 is 2.07 bits per heavy atom. The number of aromatic hydroxyl groups is 1. The summed E-state index contributed by atoms with van der Waals surface area (Å²) in [5.41, 5.74) is -0.488. The molecule has 1 aromatic rings. The summed E-state index contributed by atoms with van der Waals surface area (Å²) in [5.74, 6) is -2.82. The molecule has 1 aromatic carbocycles. The van der Waals surface area contributed by atoms with Crippen molar-refractivity contribution in [3.05, 3.63) is 28.0 Å². The minimum absolute atomic E-state index is 0.160. The van der Waals surface area contributed by atoms with Crippen LogP contribution in [0.1, 0.15) is 11.7 Å². The van der Waals surface area contributed by atoms with Crippen LogP contribution >= 0.6 is 15.9 Å². The lowest BCUT2D eigenvalue weighted by Gasteiger charge is -2.10. The van der Waals surface area contributed by atoms with Crippen molar-refractivity contribution in [2.24, 2.45) is 0 Å². The number of phenolic OH excluding ortho intramolecular Hbond substituents is 1. The van der Waals surface area contributed by atoms with E-state index in [1.807, 2.05) is 0 Å². The fraction of sp³-hybridized carbons (Fsp3) is 0.125. The molecule has 0 saturated heterocycles. The standard InChI is InChI=1S/C8H6BrFO4/c9-6-4(11)2-1-3(10)5(6)7(12)8(13)14/h1-2,7,11-12H,(H,13,14). The molecule has 0 amide bonds. The number of phenols is 1. The number of aliphatic hydroxyl groups excluding tert-OH is 1. The molecule has 1 atom stereocenters. The number of hydrogen-bond acceptors (Lipinski definition) is 3. The van der Waals surface area contributed by atoms with Crippen LogP contribution in [0.2, 0.25) is 0 Å². The largest absolute Gasteiger partial charge is 0.507 e. The molecule has 4 nitrogen and oxygen atoms in total. The number of aliphatic hydroxyl groups is 1. The number of hydrogen-bond donors (Lipinski definition) is 3. The van der Waals surface area contributed by atoms with Crippen LogP contribution in [0, 0.1) is 5.82 Å². The average Bonchev–Trinajstić information content (AvgIpc) is 2.12. The Labute approximate surface area is 86.7 Å². The lowest BCUT2D eigenvalue weighted by molar-refractivity contribution is -0.147.